The third-order valence-corrected chi connectivity index (χ3v) is 4.36. The maximum atomic E-state index is 12.4. The highest BCUT2D eigenvalue weighted by Gasteiger charge is 2.41. The molecule has 22 heavy (non-hydrogen) atoms. The Bertz CT molecular complexity index is 624. The van der Waals surface area contributed by atoms with E-state index >= 15 is 0 Å². The van der Waals surface area contributed by atoms with Crippen LogP contribution in [-0.2, 0) is 11.8 Å². The number of aryl methyl sites for hydroxylation is 2. The van der Waals surface area contributed by atoms with Crippen LogP contribution >= 0.6 is 0 Å². The van der Waals surface area contributed by atoms with E-state index in [-0.39, 0.29) is 18.2 Å². The minimum atomic E-state index is -0.444. The lowest BCUT2D eigenvalue weighted by atomic mass is 9.95. The quantitative estimate of drug-likeness (QED) is 0.800. The van der Waals surface area contributed by atoms with E-state index < -0.39 is 5.60 Å². The number of carbonyl (C=O) groups excluding carboxylic acids is 1. The molecule has 1 saturated heterocycles. The van der Waals surface area contributed by atoms with Crippen LogP contribution in [0.4, 0.5) is 4.79 Å². The Morgan fingerprint density at radius 3 is 2.64 bits per heavy atom. The number of hydrogen-bond acceptors (Lipinski definition) is 3. The molecule has 0 saturated carbocycles. The van der Waals surface area contributed by atoms with Crippen molar-refractivity contribution < 1.29 is 9.53 Å². The smallest absolute Gasteiger partial charge is 0.411 e. The number of fused-ring (bicyclic) bond motifs is 2. The van der Waals surface area contributed by atoms with Gasteiger partial charge in [-0.1, -0.05) is 6.08 Å². The molecular weight excluding hydrogens is 278 g/mol. The Morgan fingerprint density at radius 2 is 2.09 bits per heavy atom. The van der Waals surface area contributed by atoms with Crippen LogP contribution in [0.2, 0.25) is 0 Å². The molecule has 1 amide bonds. The number of nitrogens with zero attached hydrogens (tertiary/aromatic N) is 3. The van der Waals surface area contributed by atoms with Crippen molar-refractivity contribution in [3.05, 3.63) is 23.5 Å². The average Bonchev–Trinajstić information content (AvgIpc) is 2.84. The molecule has 2 aliphatic heterocycles. The maximum absolute atomic E-state index is 12.4. The van der Waals surface area contributed by atoms with Gasteiger partial charge in [-0.25, -0.2) is 4.79 Å². The standard InChI is InChI=1S/C17H25N3O2/c1-11-15(10-19(5)18-11)12-8-13-6-7-14(9-12)20(13)16(21)22-17(2,3)4/h8,10,13-14H,6-7,9H2,1-5H3. The maximum Gasteiger partial charge on any atom is 0.411 e. The van der Waals surface area contributed by atoms with Crippen molar-refractivity contribution in [2.75, 3.05) is 0 Å². The van der Waals surface area contributed by atoms with Crippen LogP contribution in [0.5, 0.6) is 0 Å². The molecule has 0 aliphatic carbocycles. The predicted octanol–water partition coefficient (Wildman–Crippen LogP) is 3.28. The van der Waals surface area contributed by atoms with Crippen LogP contribution in [0.1, 0.15) is 51.3 Å². The first-order chi connectivity index (χ1) is 10.2. The lowest BCUT2D eigenvalue weighted by Crippen LogP contribution is -2.45. The van der Waals surface area contributed by atoms with Gasteiger partial charge in [-0.15, -0.1) is 0 Å². The molecule has 0 N–H and O–H groups in total. The van der Waals surface area contributed by atoms with Gasteiger partial charge in [0.05, 0.1) is 11.7 Å². The fourth-order valence-electron chi connectivity index (χ4n) is 3.54. The molecule has 1 aromatic rings. The van der Waals surface area contributed by atoms with Crippen molar-refractivity contribution >= 4 is 11.7 Å². The van der Waals surface area contributed by atoms with Gasteiger partial charge in [0.15, 0.2) is 0 Å². The molecule has 2 atom stereocenters. The fraction of sp³-hybridized carbons (Fsp3) is 0.647. The SMILES string of the molecule is Cc1nn(C)cc1C1=CC2CCC(C1)N2C(=O)OC(C)(C)C. The van der Waals surface area contributed by atoms with Gasteiger partial charge in [0, 0.05) is 24.8 Å². The van der Waals surface area contributed by atoms with Crippen molar-refractivity contribution in [3.63, 3.8) is 0 Å². The van der Waals surface area contributed by atoms with Gasteiger partial charge < -0.3 is 4.74 Å². The summed E-state index contributed by atoms with van der Waals surface area (Å²) in [5.74, 6) is 0. The second kappa shape index (κ2) is 5.14. The van der Waals surface area contributed by atoms with Crippen LogP contribution in [0.25, 0.3) is 5.57 Å². The Kier molecular flexibility index (Phi) is 3.54. The van der Waals surface area contributed by atoms with E-state index in [9.17, 15) is 4.79 Å². The van der Waals surface area contributed by atoms with E-state index in [1.54, 1.807) is 0 Å². The van der Waals surface area contributed by atoms with Crippen molar-refractivity contribution in [2.45, 2.75) is 64.6 Å². The summed E-state index contributed by atoms with van der Waals surface area (Å²) in [6, 6.07) is 0.405. The average molecular weight is 303 g/mol. The molecule has 2 aliphatic rings. The van der Waals surface area contributed by atoms with E-state index in [0.29, 0.717) is 0 Å². The number of aromatic nitrogens is 2. The molecule has 0 aromatic carbocycles. The first kappa shape index (κ1) is 15.1. The van der Waals surface area contributed by atoms with Crippen LogP contribution < -0.4 is 0 Å². The molecule has 120 valence electrons. The van der Waals surface area contributed by atoms with Crippen molar-refractivity contribution in [3.8, 4) is 0 Å². The van der Waals surface area contributed by atoms with E-state index in [1.807, 2.05) is 44.3 Å². The number of hydrogen-bond donors (Lipinski definition) is 0. The largest absolute Gasteiger partial charge is 0.444 e. The van der Waals surface area contributed by atoms with Crippen LogP contribution in [0.15, 0.2) is 12.3 Å². The van der Waals surface area contributed by atoms with Gasteiger partial charge in [0.1, 0.15) is 5.60 Å². The van der Waals surface area contributed by atoms with Crippen LogP contribution in [0, 0.1) is 6.92 Å². The van der Waals surface area contributed by atoms with Gasteiger partial charge in [0.2, 0.25) is 0 Å². The Hall–Kier alpha value is -1.78. The summed E-state index contributed by atoms with van der Waals surface area (Å²) in [7, 11) is 1.95. The second-order valence-electron chi connectivity index (χ2n) is 7.38. The van der Waals surface area contributed by atoms with Crippen molar-refractivity contribution in [1.29, 1.82) is 0 Å². The first-order valence-electron chi connectivity index (χ1n) is 7.97. The summed E-state index contributed by atoms with van der Waals surface area (Å²) in [5, 5.41) is 4.43. The molecule has 3 rings (SSSR count). The lowest BCUT2D eigenvalue weighted by molar-refractivity contribution is 0.0175. The molecule has 1 aromatic heterocycles. The predicted molar refractivity (Wildman–Crippen MR) is 85.4 cm³/mol. The zero-order valence-electron chi connectivity index (χ0n) is 14.1. The summed E-state index contributed by atoms with van der Waals surface area (Å²) in [6.07, 6.45) is 7.08. The van der Waals surface area contributed by atoms with Crippen LogP contribution in [0.3, 0.4) is 0 Å². The van der Waals surface area contributed by atoms with Gasteiger partial charge in [0.25, 0.3) is 0 Å². The Balaban J connectivity index is 1.83. The molecule has 3 heterocycles. The van der Waals surface area contributed by atoms with E-state index in [0.717, 1.165) is 25.0 Å². The molecular formula is C17H25N3O2. The third kappa shape index (κ3) is 2.76. The molecule has 2 unspecified atom stereocenters. The van der Waals surface area contributed by atoms with E-state index in [2.05, 4.69) is 17.4 Å². The number of rotatable bonds is 1. The zero-order chi connectivity index (χ0) is 16.1. The summed E-state index contributed by atoms with van der Waals surface area (Å²) >= 11 is 0. The lowest BCUT2D eigenvalue weighted by Gasteiger charge is -2.35. The Morgan fingerprint density at radius 1 is 1.36 bits per heavy atom. The van der Waals surface area contributed by atoms with Gasteiger partial charge in [-0.2, -0.15) is 5.10 Å². The molecule has 5 heteroatoms. The van der Waals surface area contributed by atoms with E-state index in [4.69, 9.17) is 4.74 Å². The number of carbonyl (C=O) groups is 1. The monoisotopic (exact) mass is 303 g/mol. The number of ether oxygens (including phenoxy) is 1. The molecule has 0 spiro atoms. The highest BCUT2D eigenvalue weighted by molar-refractivity contribution is 5.75. The highest BCUT2D eigenvalue weighted by atomic mass is 16.6. The number of amides is 1. The van der Waals surface area contributed by atoms with Gasteiger partial charge in [-0.05, 0) is 52.5 Å². The fourth-order valence-corrected chi connectivity index (χ4v) is 3.54. The normalized spacial score (nSPS) is 24.4. The molecule has 0 radical (unpaired) electrons. The van der Waals surface area contributed by atoms with E-state index in [1.165, 1.54) is 11.1 Å². The molecule has 1 fully saturated rings. The molecule has 2 bridgehead atoms. The van der Waals surface area contributed by atoms with Gasteiger partial charge >= 0.3 is 6.09 Å². The summed E-state index contributed by atoms with van der Waals surface area (Å²) in [5.41, 5.74) is 3.14. The van der Waals surface area contributed by atoms with Gasteiger partial charge in [-0.3, -0.25) is 9.58 Å². The highest BCUT2D eigenvalue weighted by Crippen LogP contribution is 2.39. The summed E-state index contributed by atoms with van der Waals surface area (Å²) in [4.78, 5) is 14.4. The van der Waals surface area contributed by atoms with Crippen LogP contribution in [-0.4, -0.2) is 38.5 Å². The topological polar surface area (TPSA) is 47.4 Å². The zero-order valence-corrected chi connectivity index (χ0v) is 14.1. The minimum absolute atomic E-state index is 0.156. The third-order valence-electron chi connectivity index (χ3n) is 4.36. The summed E-state index contributed by atoms with van der Waals surface area (Å²) < 4.78 is 7.42. The second-order valence-corrected chi connectivity index (χ2v) is 7.38. The minimum Gasteiger partial charge on any atom is -0.444 e. The van der Waals surface area contributed by atoms with Crippen molar-refractivity contribution in [2.24, 2.45) is 7.05 Å². The van der Waals surface area contributed by atoms with Crippen molar-refractivity contribution in [1.82, 2.24) is 14.7 Å². The molecule has 5 nitrogen and oxygen atoms in total. The summed E-state index contributed by atoms with van der Waals surface area (Å²) in [6.45, 7) is 7.78. The Labute approximate surface area is 131 Å². The first-order valence-corrected chi connectivity index (χ1v) is 7.97.